The summed E-state index contributed by atoms with van der Waals surface area (Å²) in [5.74, 6) is 0.0220. The molecule has 0 spiro atoms. The van der Waals surface area contributed by atoms with Crippen molar-refractivity contribution in [2.75, 3.05) is 31.9 Å². The van der Waals surface area contributed by atoms with Crippen molar-refractivity contribution in [3.63, 3.8) is 0 Å². The second kappa shape index (κ2) is 7.08. The molecule has 0 aliphatic carbocycles. The lowest BCUT2D eigenvalue weighted by molar-refractivity contribution is -0.127. The van der Waals surface area contributed by atoms with E-state index >= 15 is 0 Å². The number of amides is 3. The van der Waals surface area contributed by atoms with E-state index < -0.39 is 0 Å². The molecule has 20 heavy (non-hydrogen) atoms. The number of nitrogens with one attached hydrogen (secondary N) is 1. The van der Waals surface area contributed by atoms with Crippen LogP contribution in [0, 0.1) is 0 Å². The minimum atomic E-state index is -0.215. The summed E-state index contributed by atoms with van der Waals surface area (Å²) in [6.07, 6.45) is 3.53. The third-order valence-electron chi connectivity index (χ3n) is 3.79. The van der Waals surface area contributed by atoms with E-state index in [-0.39, 0.29) is 35.4 Å². The molecule has 2 rings (SSSR count). The second-order valence-corrected chi connectivity index (χ2v) is 6.09. The lowest BCUT2D eigenvalue weighted by atomic mass is 10.1. The molecule has 0 aromatic carbocycles. The quantitative estimate of drug-likeness (QED) is 0.808. The van der Waals surface area contributed by atoms with Gasteiger partial charge >= 0.3 is 0 Å². The normalized spacial score (nSPS) is 22.1. The molecular weight excluding hydrogens is 278 g/mol. The molecule has 2 heterocycles. The van der Waals surface area contributed by atoms with Gasteiger partial charge in [-0.05, 0) is 32.9 Å². The molecule has 2 aliphatic rings. The first kappa shape index (κ1) is 15.3. The lowest BCUT2D eigenvalue weighted by Crippen LogP contribution is -2.48. The molecule has 0 bridgehead atoms. The smallest absolute Gasteiger partial charge is 0.288 e. The Balaban J connectivity index is 1.71. The zero-order valence-electron chi connectivity index (χ0n) is 11.8. The van der Waals surface area contributed by atoms with E-state index in [0.29, 0.717) is 6.54 Å². The van der Waals surface area contributed by atoms with Gasteiger partial charge in [0.2, 0.25) is 11.8 Å². The van der Waals surface area contributed by atoms with Crippen LogP contribution < -0.4 is 5.32 Å². The zero-order chi connectivity index (χ0) is 14.5. The molecule has 0 aromatic heterocycles. The van der Waals surface area contributed by atoms with Crippen LogP contribution >= 0.6 is 11.8 Å². The second-order valence-electron chi connectivity index (χ2n) is 5.16. The maximum atomic E-state index is 12.0. The topological polar surface area (TPSA) is 69.7 Å². The number of likely N-dealkylation sites (tertiary alicyclic amines) is 1. The van der Waals surface area contributed by atoms with Crippen LogP contribution in [0.2, 0.25) is 0 Å². The first-order valence-corrected chi connectivity index (χ1v) is 8.07. The van der Waals surface area contributed by atoms with Crippen molar-refractivity contribution in [2.45, 2.75) is 32.2 Å². The summed E-state index contributed by atoms with van der Waals surface area (Å²) < 4.78 is 0. The highest BCUT2D eigenvalue weighted by atomic mass is 32.2. The third-order valence-corrected chi connectivity index (χ3v) is 4.65. The number of carbonyl (C=O) groups is 3. The Morgan fingerprint density at radius 1 is 1.30 bits per heavy atom. The van der Waals surface area contributed by atoms with Gasteiger partial charge in [-0.1, -0.05) is 18.2 Å². The molecular formula is C13H21N3O3S. The van der Waals surface area contributed by atoms with Crippen LogP contribution in [0.15, 0.2) is 0 Å². The summed E-state index contributed by atoms with van der Waals surface area (Å²) in [6.45, 7) is 4.43. The minimum Gasteiger partial charge on any atom is -0.353 e. The van der Waals surface area contributed by atoms with Crippen molar-refractivity contribution in [1.82, 2.24) is 15.1 Å². The Bertz CT molecular complexity index is 380. The molecule has 1 N–H and O–H groups in total. The van der Waals surface area contributed by atoms with Crippen LogP contribution in [0.5, 0.6) is 0 Å². The van der Waals surface area contributed by atoms with E-state index in [1.807, 2.05) is 6.92 Å². The number of hydrogen-bond acceptors (Lipinski definition) is 5. The molecule has 2 aliphatic heterocycles. The standard InChI is InChI=1S/C13H21N3O3S/c1-10(15-6-3-2-4-7-15)12(18)14-5-8-16-11(17)9-20-13(16)19/h10H,2-9H2,1H3,(H,14,18)/t10-/m0/s1. The highest BCUT2D eigenvalue weighted by Gasteiger charge is 2.29. The number of hydrogen-bond donors (Lipinski definition) is 1. The number of thioether (sulfide) groups is 1. The number of imide groups is 1. The van der Waals surface area contributed by atoms with Gasteiger partial charge in [0.05, 0.1) is 11.8 Å². The summed E-state index contributed by atoms with van der Waals surface area (Å²) >= 11 is 1.02. The Morgan fingerprint density at radius 2 is 2.00 bits per heavy atom. The van der Waals surface area contributed by atoms with Crippen LogP contribution in [-0.4, -0.2) is 64.8 Å². The summed E-state index contributed by atoms with van der Waals surface area (Å²) in [7, 11) is 0. The van der Waals surface area contributed by atoms with Crippen LogP contribution in [0.4, 0.5) is 4.79 Å². The molecule has 0 unspecified atom stereocenters. The average molecular weight is 299 g/mol. The van der Waals surface area contributed by atoms with Gasteiger partial charge in [0, 0.05) is 13.1 Å². The molecule has 0 aromatic rings. The predicted octanol–water partition coefficient (Wildman–Crippen LogP) is 0.672. The Hall–Kier alpha value is -1.08. The van der Waals surface area contributed by atoms with Gasteiger partial charge in [0.25, 0.3) is 5.24 Å². The zero-order valence-corrected chi connectivity index (χ0v) is 12.6. The Labute approximate surface area is 123 Å². The van der Waals surface area contributed by atoms with E-state index in [2.05, 4.69) is 10.2 Å². The van der Waals surface area contributed by atoms with Gasteiger partial charge in [-0.2, -0.15) is 0 Å². The molecule has 6 nitrogen and oxygen atoms in total. The fourth-order valence-electron chi connectivity index (χ4n) is 2.51. The SMILES string of the molecule is C[C@@H](C(=O)NCCN1C(=O)CSC1=O)N1CCCCC1. The number of carbonyl (C=O) groups excluding carboxylic acids is 3. The number of nitrogens with zero attached hydrogens (tertiary/aromatic N) is 2. The van der Waals surface area contributed by atoms with Gasteiger partial charge in [-0.15, -0.1) is 0 Å². The van der Waals surface area contributed by atoms with Gasteiger partial charge in [0.1, 0.15) is 0 Å². The highest BCUT2D eigenvalue weighted by Crippen LogP contribution is 2.17. The summed E-state index contributed by atoms with van der Waals surface area (Å²) in [5.41, 5.74) is 0. The predicted molar refractivity (Wildman–Crippen MR) is 77.5 cm³/mol. The lowest BCUT2D eigenvalue weighted by Gasteiger charge is -2.31. The van der Waals surface area contributed by atoms with Gasteiger partial charge in [-0.25, -0.2) is 0 Å². The van der Waals surface area contributed by atoms with Crippen molar-refractivity contribution in [1.29, 1.82) is 0 Å². The van der Waals surface area contributed by atoms with Crippen molar-refractivity contribution in [3.8, 4) is 0 Å². The Morgan fingerprint density at radius 3 is 2.60 bits per heavy atom. The van der Waals surface area contributed by atoms with E-state index in [1.165, 1.54) is 11.3 Å². The summed E-state index contributed by atoms with van der Waals surface area (Å²) in [6, 6.07) is -0.144. The monoisotopic (exact) mass is 299 g/mol. The van der Waals surface area contributed by atoms with Gasteiger partial charge < -0.3 is 5.32 Å². The molecule has 3 amide bonds. The molecule has 0 radical (unpaired) electrons. The summed E-state index contributed by atoms with van der Waals surface area (Å²) in [5, 5.41) is 2.60. The summed E-state index contributed by atoms with van der Waals surface area (Å²) in [4.78, 5) is 38.2. The maximum absolute atomic E-state index is 12.0. The van der Waals surface area contributed by atoms with Crippen LogP contribution in [-0.2, 0) is 9.59 Å². The van der Waals surface area contributed by atoms with Crippen LogP contribution in [0.3, 0.4) is 0 Å². The van der Waals surface area contributed by atoms with Gasteiger partial charge in [-0.3, -0.25) is 24.2 Å². The van der Waals surface area contributed by atoms with Crippen LogP contribution in [0.25, 0.3) is 0 Å². The molecule has 0 saturated carbocycles. The molecule has 2 saturated heterocycles. The largest absolute Gasteiger partial charge is 0.353 e. The molecule has 2 fully saturated rings. The maximum Gasteiger partial charge on any atom is 0.288 e. The third kappa shape index (κ3) is 3.73. The van der Waals surface area contributed by atoms with Crippen molar-refractivity contribution in [3.05, 3.63) is 0 Å². The molecule has 1 atom stereocenters. The van der Waals surface area contributed by atoms with Crippen molar-refractivity contribution >= 4 is 28.8 Å². The average Bonchev–Trinajstić information content (AvgIpc) is 2.79. The van der Waals surface area contributed by atoms with Crippen molar-refractivity contribution in [2.24, 2.45) is 0 Å². The van der Waals surface area contributed by atoms with Gasteiger partial charge in [0.15, 0.2) is 0 Å². The fourth-order valence-corrected chi connectivity index (χ4v) is 3.26. The molecule has 7 heteroatoms. The first-order valence-electron chi connectivity index (χ1n) is 7.08. The van der Waals surface area contributed by atoms with E-state index in [0.717, 1.165) is 37.7 Å². The van der Waals surface area contributed by atoms with Crippen LogP contribution in [0.1, 0.15) is 26.2 Å². The van der Waals surface area contributed by atoms with E-state index in [4.69, 9.17) is 0 Å². The first-order chi connectivity index (χ1) is 9.59. The Kier molecular flexibility index (Phi) is 5.42. The highest BCUT2D eigenvalue weighted by molar-refractivity contribution is 8.14. The fraction of sp³-hybridized carbons (Fsp3) is 0.769. The van der Waals surface area contributed by atoms with Crippen molar-refractivity contribution < 1.29 is 14.4 Å². The van der Waals surface area contributed by atoms with E-state index in [9.17, 15) is 14.4 Å². The number of rotatable bonds is 5. The molecule has 112 valence electrons. The van der Waals surface area contributed by atoms with E-state index in [1.54, 1.807) is 0 Å². The number of piperidine rings is 1. The minimum absolute atomic E-state index is 0.0290.